The summed E-state index contributed by atoms with van der Waals surface area (Å²) in [5.74, 6) is 0.896. The first-order chi connectivity index (χ1) is 10.3. The van der Waals surface area contributed by atoms with Gasteiger partial charge in [0, 0.05) is 10.9 Å². The Morgan fingerprint density at radius 1 is 1.10 bits per heavy atom. The van der Waals surface area contributed by atoms with E-state index in [0.29, 0.717) is 11.9 Å². The van der Waals surface area contributed by atoms with Gasteiger partial charge in [-0.3, -0.25) is 0 Å². The maximum absolute atomic E-state index is 5.80. The minimum atomic E-state index is 0.643. The van der Waals surface area contributed by atoms with Crippen LogP contribution in [0, 0.1) is 0 Å². The zero-order valence-corrected chi connectivity index (χ0v) is 14.7. The van der Waals surface area contributed by atoms with Crippen LogP contribution in [0.1, 0.15) is 51.5 Å². The SMILES string of the molecule is CCCCCCOc1cccc(/C(CBr)=N/OCCC)c1. The summed E-state index contributed by atoms with van der Waals surface area (Å²) in [5, 5.41) is 4.84. The number of hydrogen-bond acceptors (Lipinski definition) is 3. The molecule has 0 bridgehead atoms. The molecule has 0 saturated heterocycles. The largest absolute Gasteiger partial charge is 0.494 e. The normalized spacial score (nSPS) is 11.5. The number of halogens is 1. The van der Waals surface area contributed by atoms with E-state index in [1.165, 1.54) is 19.3 Å². The van der Waals surface area contributed by atoms with Crippen LogP contribution >= 0.6 is 15.9 Å². The third-order valence-electron chi connectivity index (χ3n) is 3.03. The van der Waals surface area contributed by atoms with E-state index in [4.69, 9.17) is 9.57 Å². The van der Waals surface area contributed by atoms with Crippen molar-refractivity contribution in [1.82, 2.24) is 0 Å². The van der Waals surface area contributed by atoms with Crippen LogP contribution in [0.15, 0.2) is 29.4 Å². The lowest BCUT2D eigenvalue weighted by Gasteiger charge is -2.08. The average molecular weight is 356 g/mol. The van der Waals surface area contributed by atoms with E-state index in [1.54, 1.807) is 0 Å². The fourth-order valence-corrected chi connectivity index (χ4v) is 2.28. The van der Waals surface area contributed by atoms with Gasteiger partial charge in [0.05, 0.1) is 12.3 Å². The average Bonchev–Trinajstić information content (AvgIpc) is 2.52. The fourth-order valence-electron chi connectivity index (χ4n) is 1.85. The maximum Gasteiger partial charge on any atom is 0.119 e. The first-order valence-electron chi connectivity index (χ1n) is 7.79. The second-order valence-electron chi connectivity index (χ2n) is 4.94. The molecule has 0 atom stereocenters. The second-order valence-corrected chi connectivity index (χ2v) is 5.50. The van der Waals surface area contributed by atoms with Gasteiger partial charge in [-0.05, 0) is 25.0 Å². The van der Waals surface area contributed by atoms with Crippen molar-refractivity contribution >= 4 is 21.6 Å². The molecule has 0 aliphatic rings. The number of rotatable bonds is 11. The van der Waals surface area contributed by atoms with E-state index in [0.717, 1.165) is 36.5 Å². The summed E-state index contributed by atoms with van der Waals surface area (Å²) >= 11 is 3.46. The summed E-state index contributed by atoms with van der Waals surface area (Å²) in [6, 6.07) is 8.03. The molecule has 0 aliphatic carbocycles. The van der Waals surface area contributed by atoms with Crippen molar-refractivity contribution in [2.75, 3.05) is 18.5 Å². The molecule has 0 N–H and O–H groups in total. The molecular formula is C17H26BrNO2. The van der Waals surface area contributed by atoms with Gasteiger partial charge in [0.1, 0.15) is 12.4 Å². The smallest absolute Gasteiger partial charge is 0.119 e. The molecule has 1 aromatic rings. The number of unbranched alkanes of at least 4 members (excludes halogenated alkanes) is 3. The third kappa shape index (κ3) is 7.51. The summed E-state index contributed by atoms with van der Waals surface area (Å²) in [6.07, 6.45) is 5.82. The topological polar surface area (TPSA) is 30.8 Å². The molecule has 0 radical (unpaired) electrons. The molecule has 1 rings (SSSR count). The van der Waals surface area contributed by atoms with Crippen LogP contribution in [0.4, 0.5) is 0 Å². The first kappa shape index (κ1) is 18.0. The van der Waals surface area contributed by atoms with E-state index in [9.17, 15) is 0 Å². The van der Waals surface area contributed by atoms with Gasteiger partial charge < -0.3 is 9.57 Å². The monoisotopic (exact) mass is 355 g/mol. The Bertz CT molecular complexity index is 421. The molecule has 0 aliphatic heterocycles. The maximum atomic E-state index is 5.80. The number of alkyl halides is 1. The van der Waals surface area contributed by atoms with E-state index in [-0.39, 0.29) is 0 Å². The van der Waals surface area contributed by atoms with Crippen LogP contribution in [0.5, 0.6) is 5.75 Å². The minimum absolute atomic E-state index is 0.643. The Balaban J connectivity index is 2.55. The van der Waals surface area contributed by atoms with Gasteiger partial charge in [-0.25, -0.2) is 0 Å². The number of oxime groups is 1. The van der Waals surface area contributed by atoms with Crippen LogP contribution in [-0.2, 0) is 4.84 Å². The standard InChI is InChI=1S/C17H26BrNO2/c1-3-5-6-7-12-20-16-10-8-9-15(13-16)17(14-18)19-21-11-4-2/h8-10,13H,3-7,11-12,14H2,1-2H3/b19-17+. The van der Waals surface area contributed by atoms with Gasteiger partial charge in [-0.1, -0.05) is 66.3 Å². The molecule has 0 amide bonds. The number of hydrogen-bond donors (Lipinski definition) is 0. The number of ether oxygens (including phenoxy) is 1. The highest BCUT2D eigenvalue weighted by Gasteiger charge is 2.05. The predicted octanol–water partition coefficient (Wildman–Crippen LogP) is 5.17. The van der Waals surface area contributed by atoms with Gasteiger partial charge in [-0.2, -0.15) is 0 Å². The Labute approximate surface area is 136 Å². The third-order valence-corrected chi connectivity index (χ3v) is 3.56. The summed E-state index contributed by atoms with van der Waals surface area (Å²) < 4.78 is 5.80. The quantitative estimate of drug-likeness (QED) is 0.237. The highest BCUT2D eigenvalue weighted by atomic mass is 79.9. The molecule has 0 saturated carbocycles. The molecule has 0 unspecified atom stereocenters. The van der Waals surface area contributed by atoms with Crippen molar-refractivity contribution in [2.24, 2.45) is 5.16 Å². The summed E-state index contributed by atoms with van der Waals surface area (Å²) in [6.45, 7) is 5.70. The zero-order chi connectivity index (χ0) is 15.3. The summed E-state index contributed by atoms with van der Waals surface area (Å²) in [5.41, 5.74) is 1.92. The first-order valence-corrected chi connectivity index (χ1v) is 8.92. The van der Waals surface area contributed by atoms with Crippen molar-refractivity contribution in [3.05, 3.63) is 29.8 Å². The number of nitrogens with zero attached hydrogens (tertiary/aromatic N) is 1. The molecule has 0 aromatic heterocycles. The predicted molar refractivity (Wildman–Crippen MR) is 92.7 cm³/mol. The lowest BCUT2D eigenvalue weighted by Crippen LogP contribution is -2.05. The molecule has 118 valence electrons. The summed E-state index contributed by atoms with van der Waals surface area (Å²) in [4.78, 5) is 5.27. The molecule has 4 heteroatoms. The highest BCUT2D eigenvalue weighted by Crippen LogP contribution is 2.16. The number of benzene rings is 1. The van der Waals surface area contributed by atoms with Gasteiger partial charge in [-0.15, -0.1) is 0 Å². The van der Waals surface area contributed by atoms with Crippen LogP contribution in [0.25, 0.3) is 0 Å². The van der Waals surface area contributed by atoms with Crippen molar-refractivity contribution in [3.8, 4) is 5.75 Å². The summed E-state index contributed by atoms with van der Waals surface area (Å²) in [7, 11) is 0. The van der Waals surface area contributed by atoms with Crippen molar-refractivity contribution < 1.29 is 9.57 Å². The van der Waals surface area contributed by atoms with Gasteiger partial charge in [0.25, 0.3) is 0 Å². The van der Waals surface area contributed by atoms with Crippen LogP contribution in [-0.4, -0.2) is 24.3 Å². The van der Waals surface area contributed by atoms with Gasteiger partial charge in [0.15, 0.2) is 0 Å². The van der Waals surface area contributed by atoms with Gasteiger partial charge in [0.2, 0.25) is 0 Å². The van der Waals surface area contributed by atoms with Crippen LogP contribution in [0.2, 0.25) is 0 Å². The van der Waals surface area contributed by atoms with E-state index in [2.05, 4.69) is 34.9 Å². The van der Waals surface area contributed by atoms with Crippen molar-refractivity contribution in [3.63, 3.8) is 0 Å². The molecule has 3 nitrogen and oxygen atoms in total. The van der Waals surface area contributed by atoms with Crippen molar-refractivity contribution in [2.45, 2.75) is 46.0 Å². The Hall–Kier alpha value is -1.03. The Morgan fingerprint density at radius 3 is 2.67 bits per heavy atom. The van der Waals surface area contributed by atoms with Crippen LogP contribution in [0.3, 0.4) is 0 Å². The molecule has 0 heterocycles. The van der Waals surface area contributed by atoms with E-state index in [1.807, 2.05) is 24.3 Å². The molecule has 0 fully saturated rings. The molecule has 21 heavy (non-hydrogen) atoms. The van der Waals surface area contributed by atoms with E-state index >= 15 is 0 Å². The fraction of sp³-hybridized carbons (Fsp3) is 0.588. The highest BCUT2D eigenvalue weighted by molar-refractivity contribution is 9.09. The minimum Gasteiger partial charge on any atom is -0.494 e. The van der Waals surface area contributed by atoms with E-state index < -0.39 is 0 Å². The Kier molecular flexibility index (Phi) is 9.96. The molecule has 0 spiro atoms. The van der Waals surface area contributed by atoms with Crippen molar-refractivity contribution in [1.29, 1.82) is 0 Å². The molecule has 1 aromatic carbocycles. The van der Waals surface area contributed by atoms with Gasteiger partial charge >= 0.3 is 0 Å². The lowest BCUT2D eigenvalue weighted by atomic mass is 10.1. The second kappa shape index (κ2) is 11.6. The van der Waals surface area contributed by atoms with Crippen LogP contribution < -0.4 is 4.74 Å². The molecular weight excluding hydrogens is 330 g/mol. The lowest BCUT2D eigenvalue weighted by molar-refractivity contribution is 0.145. The zero-order valence-electron chi connectivity index (χ0n) is 13.1. The Morgan fingerprint density at radius 2 is 1.95 bits per heavy atom.